The van der Waals surface area contributed by atoms with Crippen molar-refractivity contribution in [3.8, 4) is 0 Å². The lowest BCUT2D eigenvalue weighted by Gasteiger charge is -2.21. The number of rotatable bonds is 77. The number of carbonyl (C=O) groups is 4. The van der Waals surface area contributed by atoms with Crippen LogP contribution in [0.1, 0.15) is 394 Å². The highest BCUT2D eigenvalue weighted by atomic mass is 31.2. The van der Waals surface area contributed by atoms with Crippen molar-refractivity contribution in [1.29, 1.82) is 0 Å². The largest absolute Gasteiger partial charge is 0.472 e. The van der Waals surface area contributed by atoms with Gasteiger partial charge in [0.2, 0.25) is 0 Å². The minimum atomic E-state index is -4.96. The Bertz CT molecular complexity index is 1970. The van der Waals surface area contributed by atoms with Crippen LogP contribution in [0, 0.1) is 5.92 Å². The van der Waals surface area contributed by atoms with Gasteiger partial charge < -0.3 is 33.8 Å². The van der Waals surface area contributed by atoms with Crippen LogP contribution in [0.4, 0.5) is 0 Å². The number of aliphatic hydroxyl groups is 1. The molecule has 0 bridgehead atoms. The van der Waals surface area contributed by atoms with Crippen molar-refractivity contribution in [3.63, 3.8) is 0 Å². The highest BCUT2D eigenvalue weighted by Crippen LogP contribution is 2.45. The molecule has 2 unspecified atom stereocenters. The third-order valence-corrected chi connectivity index (χ3v) is 19.8. The van der Waals surface area contributed by atoms with Gasteiger partial charge in [-0.25, -0.2) is 9.13 Å². The molecule has 0 amide bonds. The summed E-state index contributed by atoms with van der Waals surface area (Å²) in [5, 5.41) is 10.6. The fraction of sp³-hybridized carbons (Fsp3) is 0.899. The molecular weight excluding hydrogens is 1280 g/mol. The molecule has 0 saturated carbocycles. The maximum Gasteiger partial charge on any atom is 0.472 e. The van der Waals surface area contributed by atoms with E-state index in [0.29, 0.717) is 25.7 Å². The monoisotopic (exact) mass is 1430 g/mol. The lowest BCUT2D eigenvalue weighted by atomic mass is 10.0. The second kappa shape index (κ2) is 71.5. The summed E-state index contributed by atoms with van der Waals surface area (Å²) in [6, 6.07) is 0. The van der Waals surface area contributed by atoms with E-state index in [0.717, 1.165) is 115 Å². The molecule has 17 nitrogen and oxygen atoms in total. The van der Waals surface area contributed by atoms with Crippen molar-refractivity contribution in [2.45, 2.75) is 412 Å². The van der Waals surface area contributed by atoms with Crippen molar-refractivity contribution in [3.05, 3.63) is 24.3 Å². The van der Waals surface area contributed by atoms with Crippen molar-refractivity contribution < 1.29 is 80.2 Å². The highest BCUT2D eigenvalue weighted by molar-refractivity contribution is 7.47. The van der Waals surface area contributed by atoms with E-state index in [1.54, 1.807) is 0 Å². The number of hydrogen-bond donors (Lipinski definition) is 3. The Kier molecular flexibility index (Phi) is 69.7. The number of unbranched alkanes of at least 4 members (excludes halogenated alkanes) is 46. The van der Waals surface area contributed by atoms with E-state index in [1.807, 2.05) is 0 Å². The molecule has 19 heteroatoms. The lowest BCUT2D eigenvalue weighted by molar-refractivity contribution is -0.161. The second-order valence-corrected chi connectivity index (χ2v) is 31.2. The Morgan fingerprint density at radius 2 is 0.551 bits per heavy atom. The summed E-state index contributed by atoms with van der Waals surface area (Å²) in [5.74, 6) is -1.34. The fourth-order valence-corrected chi connectivity index (χ4v) is 13.3. The maximum absolute atomic E-state index is 13.1. The SMILES string of the molecule is CCCCCC/C=C\C=C/CCCCCCCC(=O)O[C@H](COC(=O)CCCCCCCCCC)COP(=O)(O)OC[C@H](O)COP(=O)(O)OC[C@@H](COC(=O)CCCCCCCCCCCCCCCCC(C)C)OC(=O)CCCCCCCCCCCCCCCCCCCC. The molecule has 0 saturated heterocycles. The average Bonchev–Trinajstić information content (AvgIpc) is 1.90. The summed E-state index contributed by atoms with van der Waals surface area (Å²) in [6.07, 6.45) is 64.7. The molecule has 578 valence electrons. The van der Waals surface area contributed by atoms with Gasteiger partial charge in [0.25, 0.3) is 0 Å². The molecule has 0 radical (unpaired) electrons. The van der Waals surface area contributed by atoms with E-state index in [1.165, 1.54) is 199 Å². The zero-order chi connectivity index (χ0) is 71.9. The van der Waals surface area contributed by atoms with Gasteiger partial charge >= 0.3 is 39.5 Å². The normalized spacial score (nSPS) is 14.1. The van der Waals surface area contributed by atoms with Gasteiger partial charge in [-0.05, 0) is 57.3 Å². The van der Waals surface area contributed by atoms with Gasteiger partial charge in [-0.3, -0.25) is 37.3 Å². The number of allylic oxidation sites excluding steroid dienone is 4. The molecule has 0 aliphatic carbocycles. The second-order valence-electron chi connectivity index (χ2n) is 28.2. The third kappa shape index (κ3) is 71.9. The first kappa shape index (κ1) is 95.5. The van der Waals surface area contributed by atoms with Crippen LogP contribution in [-0.4, -0.2) is 96.7 Å². The summed E-state index contributed by atoms with van der Waals surface area (Å²) < 4.78 is 68.5. The predicted molar refractivity (Wildman–Crippen MR) is 400 cm³/mol. The quantitative estimate of drug-likeness (QED) is 0.0169. The summed E-state index contributed by atoms with van der Waals surface area (Å²) in [4.78, 5) is 72.8. The Balaban J connectivity index is 5.24. The summed E-state index contributed by atoms with van der Waals surface area (Å²) in [5.41, 5.74) is 0. The van der Waals surface area contributed by atoms with Crippen molar-refractivity contribution >= 4 is 39.5 Å². The molecular formula is C79H150O17P2. The zero-order valence-corrected chi connectivity index (χ0v) is 65.2. The van der Waals surface area contributed by atoms with Crippen LogP contribution in [0.3, 0.4) is 0 Å². The van der Waals surface area contributed by atoms with Gasteiger partial charge in [0.15, 0.2) is 12.2 Å². The van der Waals surface area contributed by atoms with Gasteiger partial charge in [0.05, 0.1) is 26.4 Å². The minimum Gasteiger partial charge on any atom is -0.462 e. The van der Waals surface area contributed by atoms with Crippen molar-refractivity contribution in [2.75, 3.05) is 39.6 Å². The van der Waals surface area contributed by atoms with Crippen molar-refractivity contribution in [1.82, 2.24) is 0 Å². The molecule has 0 heterocycles. The van der Waals surface area contributed by atoms with Crippen LogP contribution in [0.25, 0.3) is 0 Å². The molecule has 0 rings (SSSR count). The van der Waals surface area contributed by atoms with Crippen LogP contribution in [0.2, 0.25) is 0 Å². The Morgan fingerprint density at radius 1 is 0.316 bits per heavy atom. The predicted octanol–water partition coefficient (Wildman–Crippen LogP) is 23.2. The highest BCUT2D eigenvalue weighted by Gasteiger charge is 2.30. The maximum atomic E-state index is 13.1. The molecule has 0 aromatic carbocycles. The van der Waals surface area contributed by atoms with Crippen LogP contribution >= 0.6 is 15.6 Å². The molecule has 0 aromatic rings. The summed E-state index contributed by atoms with van der Waals surface area (Å²) in [7, 11) is -9.92. The molecule has 0 spiro atoms. The first-order chi connectivity index (χ1) is 47.5. The van der Waals surface area contributed by atoms with Crippen LogP contribution in [-0.2, 0) is 65.4 Å². The number of phosphoric acid groups is 2. The summed E-state index contributed by atoms with van der Waals surface area (Å²) >= 11 is 0. The molecule has 0 aliphatic heterocycles. The topological polar surface area (TPSA) is 237 Å². The van der Waals surface area contributed by atoms with E-state index in [2.05, 4.69) is 58.9 Å². The summed E-state index contributed by atoms with van der Waals surface area (Å²) in [6.45, 7) is 7.25. The standard InChI is InChI=1S/C79H150O17P2/c1-6-9-12-15-18-21-23-25-27-28-29-31-37-41-45-50-55-60-65-79(84)96-75(69-90-77(82)63-58-53-48-43-39-35-33-32-34-38-42-46-51-56-61-72(4)5)71-94-98(87,88)92-67-73(80)66-91-97(85,86)93-70-74(68-89-76(81)62-57-52-47-20-17-14-11-8-3)95-78(83)64-59-54-49-44-40-36-30-26-24-22-19-16-13-10-7-2/h22,24,26,30,72-75,80H,6-21,23,25,27-29,31-71H2,1-5H3,(H,85,86)(H,87,88)/b24-22-,30-26-/t73-,74+,75+/m0/s1. The lowest BCUT2D eigenvalue weighted by Crippen LogP contribution is -2.30. The minimum absolute atomic E-state index is 0.0852. The number of aliphatic hydroxyl groups excluding tert-OH is 1. The van der Waals surface area contributed by atoms with Gasteiger partial charge in [0, 0.05) is 25.7 Å². The zero-order valence-electron chi connectivity index (χ0n) is 63.4. The van der Waals surface area contributed by atoms with Crippen LogP contribution < -0.4 is 0 Å². The Labute approximate surface area is 599 Å². The van der Waals surface area contributed by atoms with E-state index >= 15 is 0 Å². The van der Waals surface area contributed by atoms with Gasteiger partial charge in [-0.1, -0.05) is 341 Å². The number of ether oxygens (including phenoxy) is 4. The van der Waals surface area contributed by atoms with Crippen LogP contribution in [0.15, 0.2) is 24.3 Å². The molecule has 98 heavy (non-hydrogen) atoms. The van der Waals surface area contributed by atoms with Crippen molar-refractivity contribution in [2.24, 2.45) is 5.92 Å². The Hall–Kier alpha value is -2.46. The molecule has 0 fully saturated rings. The Morgan fingerprint density at radius 3 is 0.837 bits per heavy atom. The van der Waals surface area contributed by atoms with E-state index in [9.17, 15) is 43.2 Å². The molecule has 3 N–H and O–H groups in total. The fourth-order valence-electron chi connectivity index (χ4n) is 11.7. The van der Waals surface area contributed by atoms with E-state index in [4.69, 9.17) is 37.0 Å². The molecule has 5 atom stereocenters. The van der Waals surface area contributed by atoms with Gasteiger partial charge in [0.1, 0.15) is 19.3 Å². The van der Waals surface area contributed by atoms with Crippen LogP contribution in [0.5, 0.6) is 0 Å². The molecule has 0 aliphatic rings. The number of phosphoric ester groups is 2. The average molecular weight is 1430 g/mol. The number of carbonyl (C=O) groups excluding carboxylic acids is 4. The van der Waals surface area contributed by atoms with E-state index < -0.39 is 97.5 Å². The van der Waals surface area contributed by atoms with Gasteiger partial charge in [-0.2, -0.15) is 0 Å². The third-order valence-electron chi connectivity index (χ3n) is 17.9. The first-order valence-electron chi connectivity index (χ1n) is 40.5. The van der Waals surface area contributed by atoms with Gasteiger partial charge in [-0.15, -0.1) is 0 Å². The molecule has 0 aromatic heterocycles. The first-order valence-corrected chi connectivity index (χ1v) is 43.4. The van der Waals surface area contributed by atoms with E-state index in [-0.39, 0.29) is 25.7 Å². The number of hydrogen-bond acceptors (Lipinski definition) is 15. The smallest absolute Gasteiger partial charge is 0.462 e. The number of esters is 4.